The zero-order valence-electron chi connectivity index (χ0n) is 19.5. The molecule has 4 nitrogen and oxygen atoms in total. The molecule has 0 aliphatic heterocycles. The van der Waals surface area contributed by atoms with E-state index >= 15 is 0 Å². The molecule has 1 N–H and O–H groups in total. The summed E-state index contributed by atoms with van der Waals surface area (Å²) in [6.07, 6.45) is 0.847. The molecule has 1 atom stereocenters. The van der Waals surface area contributed by atoms with Crippen molar-refractivity contribution in [2.24, 2.45) is 0 Å². The van der Waals surface area contributed by atoms with Crippen LogP contribution in [0, 0.1) is 20.8 Å². The molecule has 0 fully saturated rings. The van der Waals surface area contributed by atoms with Crippen molar-refractivity contribution in [2.45, 2.75) is 79.4 Å². The Hall–Kier alpha value is -2.62. The number of aryl methyl sites for hydroxylation is 3. The van der Waals surface area contributed by atoms with Crippen molar-refractivity contribution in [3.8, 4) is 0 Å². The maximum Gasteiger partial charge on any atom is 0.243 e. The molecule has 0 aliphatic carbocycles. The molecule has 0 radical (unpaired) electrons. The number of nitrogens with one attached hydrogen (secondary N) is 1. The number of hydrogen-bond donors (Lipinski definition) is 1. The fourth-order valence-electron chi connectivity index (χ4n) is 3.79. The highest BCUT2D eigenvalue weighted by atomic mass is 16.2. The van der Waals surface area contributed by atoms with Crippen molar-refractivity contribution in [3.05, 3.63) is 70.3 Å². The van der Waals surface area contributed by atoms with Crippen LogP contribution in [0.3, 0.4) is 0 Å². The summed E-state index contributed by atoms with van der Waals surface area (Å²) < 4.78 is 0. The Morgan fingerprint density at radius 3 is 2.13 bits per heavy atom. The fourth-order valence-corrected chi connectivity index (χ4v) is 3.79. The van der Waals surface area contributed by atoms with Crippen LogP contribution in [0.25, 0.3) is 0 Å². The van der Waals surface area contributed by atoms with Gasteiger partial charge in [0.2, 0.25) is 11.8 Å². The highest BCUT2D eigenvalue weighted by molar-refractivity contribution is 5.88. The minimum Gasteiger partial charge on any atom is -0.350 e. The molecule has 4 heteroatoms. The van der Waals surface area contributed by atoms with Gasteiger partial charge in [0.05, 0.1) is 6.42 Å². The average Bonchev–Trinajstić information content (AvgIpc) is 2.60. The second kappa shape index (κ2) is 9.92. The summed E-state index contributed by atoms with van der Waals surface area (Å²) >= 11 is 0. The summed E-state index contributed by atoms with van der Waals surface area (Å²) in [6.45, 7) is 14.4. The normalized spacial score (nSPS) is 12.4. The maximum absolute atomic E-state index is 13.5. The second-order valence-corrected chi connectivity index (χ2v) is 9.28. The molecule has 0 saturated carbocycles. The number of hydrogen-bond acceptors (Lipinski definition) is 2. The summed E-state index contributed by atoms with van der Waals surface area (Å²) in [4.78, 5) is 28.3. The van der Waals surface area contributed by atoms with Gasteiger partial charge in [-0.3, -0.25) is 9.59 Å². The molecule has 30 heavy (non-hydrogen) atoms. The molecule has 2 aromatic rings. The average molecular weight is 409 g/mol. The molecular formula is C26H36N2O2. The number of amides is 2. The van der Waals surface area contributed by atoms with Gasteiger partial charge in [-0.2, -0.15) is 0 Å². The van der Waals surface area contributed by atoms with E-state index in [1.807, 2.05) is 84.9 Å². The van der Waals surface area contributed by atoms with E-state index in [1.165, 1.54) is 0 Å². The monoisotopic (exact) mass is 408 g/mol. The van der Waals surface area contributed by atoms with Crippen LogP contribution in [0.4, 0.5) is 0 Å². The van der Waals surface area contributed by atoms with Gasteiger partial charge < -0.3 is 10.2 Å². The van der Waals surface area contributed by atoms with Crippen LogP contribution in [-0.4, -0.2) is 28.3 Å². The zero-order valence-corrected chi connectivity index (χ0v) is 19.5. The molecule has 0 aliphatic rings. The number of nitrogens with zero attached hydrogens (tertiary/aromatic N) is 1. The molecule has 162 valence electrons. The summed E-state index contributed by atoms with van der Waals surface area (Å²) in [5, 5.41) is 3.06. The van der Waals surface area contributed by atoms with Crippen LogP contribution in [0.1, 0.15) is 61.9 Å². The standard InChI is InChI=1S/C26H36N2O2/c1-8-23(25(30)27-26(5,6)7)28(17-22-12-10-9-11-20(22)4)24(29)16-21-14-18(2)13-19(3)15-21/h9-15,23H,8,16-17H2,1-7H3,(H,27,30)/t23-/m1/s1. The van der Waals surface area contributed by atoms with Crippen molar-refractivity contribution in [1.82, 2.24) is 10.2 Å². The lowest BCUT2D eigenvalue weighted by Crippen LogP contribution is -2.53. The fraction of sp³-hybridized carbons (Fsp3) is 0.462. The van der Waals surface area contributed by atoms with Crippen molar-refractivity contribution < 1.29 is 9.59 Å². The van der Waals surface area contributed by atoms with E-state index in [-0.39, 0.29) is 23.8 Å². The van der Waals surface area contributed by atoms with Gasteiger partial charge in [0.1, 0.15) is 6.04 Å². The first-order valence-corrected chi connectivity index (χ1v) is 10.7. The number of carbonyl (C=O) groups excluding carboxylic acids is 2. The number of rotatable bonds is 7. The van der Waals surface area contributed by atoms with Crippen molar-refractivity contribution >= 4 is 11.8 Å². The van der Waals surface area contributed by atoms with Gasteiger partial charge in [0, 0.05) is 12.1 Å². The third kappa shape index (κ3) is 6.72. The minimum absolute atomic E-state index is 0.0286. The molecule has 0 saturated heterocycles. The van der Waals surface area contributed by atoms with E-state index in [1.54, 1.807) is 4.90 Å². The van der Waals surface area contributed by atoms with Crippen molar-refractivity contribution in [3.63, 3.8) is 0 Å². The topological polar surface area (TPSA) is 49.4 Å². The quantitative estimate of drug-likeness (QED) is 0.710. The van der Waals surface area contributed by atoms with Gasteiger partial charge in [-0.25, -0.2) is 0 Å². The molecule has 2 rings (SSSR count). The summed E-state index contributed by atoms with van der Waals surface area (Å²) in [7, 11) is 0. The van der Waals surface area contributed by atoms with E-state index in [0.717, 1.165) is 27.8 Å². The lowest BCUT2D eigenvalue weighted by atomic mass is 10.0. The van der Waals surface area contributed by atoms with Gasteiger partial charge in [0.15, 0.2) is 0 Å². The molecule has 2 aromatic carbocycles. The van der Waals surface area contributed by atoms with Gasteiger partial charge in [-0.05, 0) is 64.7 Å². The Labute approximate surface area is 181 Å². The van der Waals surface area contributed by atoms with E-state index in [2.05, 4.69) is 11.4 Å². The lowest BCUT2D eigenvalue weighted by Gasteiger charge is -2.33. The third-order valence-electron chi connectivity index (χ3n) is 5.12. The number of benzene rings is 2. The van der Waals surface area contributed by atoms with Crippen LogP contribution < -0.4 is 5.32 Å². The first-order chi connectivity index (χ1) is 14.0. The van der Waals surface area contributed by atoms with E-state index in [0.29, 0.717) is 13.0 Å². The molecule has 0 aromatic heterocycles. The van der Waals surface area contributed by atoms with Crippen molar-refractivity contribution in [1.29, 1.82) is 0 Å². The first-order valence-electron chi connectivity index (χ1n) is 10.7. The Bertz CT molecular complexity index is 876. The van der Waals surface area contributed by atoms with Crippen LogP contribution >= 0.6 is 0 Å². The van der Waals surface area contributed by atoms with Crippen LogP contribution in [0.2, 0.25) is 0 Å². The lowest BCUT2D eigenvalue weighted by molar-refractivity contribution is -0.141. The highest BCUT2D eigenvalue weighted by Gasteiger charge is 2.30. The molecule has 0 bridgehead atoms. The van der Waals surface area contributed by atoms with Gasteiger partial charge >= 0.3 is 0 Å². The van der Waals surface area contributed by atoms with E-state index < -0.39 is 6.04 Å². The largest absolute Gasteiger partial charge is 0.350 e. The summed E-state index contributed by atoms with van der Waals surface area (Å²) in [5.74, 6) is -0.133. The zero-order chi connectivity index (χ0) is 22.5. The van der Waals surface area contributed by atoms with E-state index in [9.17, 15) is 9.59 Å². The molecular weight excluding hydrogens is 372 g/mol. The highest BCUT2D eigenvalue weighted by Crippen LogP contribution is 2.18. The van der Waals surface area contributed by atoms with Gasteiger partial charge in [-0.1, -0.05) is 60.5 Å². The first kappa shape index (κ1) is 23.7. The Morgan fingerprint density at radius 2 is 1.60 bits per heavy atom. The molecule has 0 spiro atoms. The Kier molecular flexibility index (Phi) is 7.83. The summed E-state index contributed by atoms with van der Waals surface area (Å²) in [5.41, 5.74) is 5.09. The van der Waals surface area contributed by atoms with Gasteiger partial charge in [-0.15, -0.1) is 0 Å². The second-order valence-electron chi connectivity index (χ2n) is 9.28. The summed E-state index contributed by atoms with van der Waals surface area (Å²) in [6, 6.07) is 13.7. The SMILES string of the molecule is CC[C@H](C(=O)NC(C)(C)C)N(Cc1ccccc1C)C(=O)Cc1cc(C)cc(C)c1. The van der Waals surface area contributed by atoms with Crippen LogP contribution in [-0.2, 0) is 22.6 Å². The molecule has 0 heterocycles. The minimum atomic E-state index is -0.512. The maximum atomic E-state index is 13.5. The smallest absolute Gasteiger partial charge is 0.243 e. The molecule has 0 unspecified atom stereocenters. The predicted molar refractivity (Wildman–Crippen MR) is 123 cm³/mol. The number of carbonyl (C=O) groups is 2. The van der Waals surface area contributed by atoms with Crippen LogP contribution in [0.15, 0.2) is 42.5 Å². The van der Waals surface area contributed by atoms with Crippen LogP contribution in [0.5, 0.6) is 0 Å². The Morgan fingerprint density at radius 1 is 1.00 bits per heavy atom. The predicted octanol–water partition coefficient (Wildman–Crippen LogP) is 4.88. The third-order valence-corrected chi connectivity index (χ3v) is 5.12. The van der Waals surface area contributed by atoms with Crippen molar-refractivity contribution in [2.75, 3.05) is 0 Å². The van der Waals surface area contributed by atoms with E-state index in [4.69, 9.17) is 0 Å². The Balaban J connectivity index is 2.36. The van der Waals surface area contributed by atoms with Gasteiger partial charge in [0.25, 0.3) is 0 Å². The molecule has 2 amide bonds.